The van der Waals surface area contributed by atoms with Crippen LogP contribution in [0.5, 0.6) is 0 Å². The van der Waals surface area contributed by atoms with Crippen LogP contribution < -0.4 is 5.32 Å². The molecule has 0 saturated carbocycles. The van der Waals surface area contributed by atoms with Gasteiger partial charge in [0, 0.05) is 19.0 Å². The Hall–Kier alpha value is -4.22. The number of nitrogens with one attached hydrogen (secondary N) is 1. The number of unbranched alkanes of at least 4 members (excludes halogenated alkanes) is 1. The minimum absolute atomic E-state index is 0.0391. The predicted molar refractivity (Wildman–Crippen MR) is 183 cm³/mol. The third-order valence-corrected chi connectivity index (χ3v) is 9.86. The van der Waals surface area contributed by atoms with E-state index in [-0.39, 0.29) is 49.3 Å². The first-order valence-corrected chi connectivity index (χ1v) is 17.8. The van der Waals surface area contributed by atoms with Gasteiger partial charge < -0.3 is 19.9 Å². The first-order valence-electron chi connectivity index (χ1n) is 16.3. The molecule has 4 rings (SSSR count). The quantitative estimate of drug-likeness (QED) is 0.140. The SMILES string of the molecule is CC(C)CN([C@@H](CCCCNC(=O)OCC1c2ccccc2-c2ccccc21)C(=O)OC(C)(C)C)S(=O)(=O)c1ccc(CC(=O)O)cc1. The Labute approximate surface area is 283 Å². The molecule has 258 valence electrons. The number of carbonyl (C=O) groups is 3. The van der Waals surface area contributed by atoms with Gasteiger partial charge in [0.15, 0.2) is 0 Å². The summed E-state index contributed by atoms with van der Waals surface area (Å²) in [6, 6.07) is 20.8. The molecule has 3 aromatic rings. The van der Waals surface area contributed by atoms with Crippen LogP contribution in [0.3, 0.4) is 0 Å². The Morgan fingerprint density at radius 2 is 1.48 bits per heavy atom. The molecule has 0 heterocycles. The number of sulfonamides is 1. The highest BCUT2D eigenvalue weighted by molar-refractivity contribution is 7.89. The summed E-state index contributed by atoms with van der Waals surface area (Å²) in [5, 5.41) is 11.9. The van der Waals surface area contributed by atoms with Crippen molar-refractivity contribution >= 4 is 28.1 Å². The van der Waals surface area contributed by atoms with Crippen LogP contribution in [-0.4, -0.2) is 67.2 Å². The standard InChI is InChI=1S/C37H46N2O8S/c1-25(2)23-39(48(44,45)27-19-17-26(18-20-27)22-34(40)41)33(35(42)47-37(3,4)5)16-10-11-21-38-36(43)46-24-32-30-14-8-6-12-28(30)29-13-7-9-15-31(29)32/h6-9,12-15,17-20,25,32-33H,10-11,16,21-24H2,1-5H3,(H,38,43)(H,40,41)/t33-/m0/s1. The molecule has 1 amide bonds. The van der Waals surface area contributed by atoms with Crippen LogP contribution in [0.4, 0.5) is 4.79 Å². The van der Waals surface area contributed by atoms with Gasteiger partial charge in [-0.15, -0.1) is 0 Å². The van der Waals surface area contributed by atoms with Crippen molar-refractivity contribution in [1.82, 2.24) is 9.62 Å². The number of benzene rings is 3. The molecule has 0 spiro atoms. The number of aliphatic carboxylic acids is 1. The summed E-state index contributed by atoms with van der Waals surface area (Å²) in [6.07, 6.45) is 0.291. The maximum Gasteiger partial charge on any atom is 0.407 e. The molecule has 0 aromatic heterocycles. The number of carboxylic acid groups (broad SMARTS) is 1. The first kappa shape index (κ1) is 36.6. The third kappa shape index (κ3) is 9.44. The van der Waals surface area contributed by atoms with Crippen LogP contribution in [0.1, 0.15) is 76.5 Å². The lowest BCUT2D eigenvalue weighted by Crippen LogP contribution is -2.48. The molecule has 0 saturated heterocycles. The summed E-state index contributed by atoms with van der Waals surface area (Å²) >= 11 is 0. The number of esters is 1. The van der Waals surface area contributed by atoms with E-state index in [1.807, 2.05) is 38.1 Å². The molecule has 0 aliphatic heterocycles. The van der Waals surface area contributed by atoms with Crippen LogP contribution in [0.2, 0.25) is 0 Å². The Kier molecular flexibility index (Phi) is 12.0. The van der Waals surface area contributed by atoms with Crippen molar-refractivity contribution in [3.05, 3.63) is 89.5 Å². The van der Waals surface area contributed by atoms with Crippen molar-refractivity contribution in [2.24, 2.45) is 5.92 Å². The summed E-state index contributed by atoms with van der Waals surface area (Å²) in [4.78, 5) is 37.2. The normalized spacial score (nSPS) is 13.6. The van der Waals surface area contributed by atoms with Gasteiger partial charge in [0.05, 0.1) is 11.3 Å². The molecule has 1 aliphatic rings. The highest BCUT2D eigenvalue weighted by Gasteiger charge is 2.38. The molecule has 10 nitrogen and oxygen atoms in total. The zero-order valence-electron chi connectivity index (χ0n) is 28.3. The zero-order chi connectivity index (χ0) is 35.1. The van der Waals surface area contributed by atoms with Gasteiger partial charge in [-0.25, -0.2) is 13.2 Å². The van der Waals surface area contributed by atoms with Gasteiger partial charge in [-0.3, -0.25) is 9.59 Å². The van der Waals surface area contributed by atoms with E-state index in [0.29, 0.717) is 18.4 Å². The summed E-state index contributed by atoms with van der Waals surface area (Å²) in [7, 11) is -4.16. The van der Waals surface area contributed by atoms with E-state index in [1.54, 1.807) is 20.8 Å². The van der Waals surface area contributed by atoms with Gasteiger partial charge in [-0.1, -0.05) is 74.5 Å². The molecule has 48 heavy (non-hydrogen) atoms. The molecular formula is C37H46N2O8S. The van der Waals surface area contributed by atoms with E-state index >= 15 is 0 Å². The summed E-state index contributed by atoms with van der Waals surface area (Å²) < 4.78 is 40.4. The largest absolute Gasteiger partial charge is 0.481 e. The van der Waals surface area contributed by atoms with Crippen LogP contribution in [-0.2, 0) is 35.5 Å². The lowest BCUT2D eigenvalue weighted by atomic mass is 9.98. The van der Waals surface area contributed by atoms with Crippen molar-refractivity contribution in [1.29, 1.82) is 0 Å². The Morgan fingerprint density at radius 1 is 0.896 bits per heavy atom. The summed E-state index contributed by atoms with van der Waals surface area (Å²) in [5.41, 5.74) is 4.15. The Balaban J connectivity index is 1.39. The van der Waals surface area contributed by atoms with Gasteiger partial charge in [-0.05, 0) is 85.9 Å². The van der Waals surface area contributed by atoms with Crippen molar-refractivity contribution in [2.45, 2.75) is 82.8 Å². The average molecular weight is 679 g/mol. The summed E-state index contributed by atoms with van der Waals surface area (Å²) in [5.74, 6) is -1.84. The van der Waals surface area contributed by atoms with Crippen LogP contribution in [0, 0.1) is 5.92 Å². The number of carbonyl (C=O) groups excluding carboxylic acids is 2. The molecule has 0 bridgehead atoms. The van der Waals surface area contributed by atoms with E-state index in [9.17, 15) is 22.8 Å². The average Bonchev–Trinajstić information content (AvgIpc) is 3.33. The lowest BCUT2D eigenvalue weighted by Gasteiger charge is -2.33. The van der Waals surface area contributed by atoms with Gasteiger partial charge in [0.25, 0.3) is 0 Å². The molecule has 3 aromatic carbocycles. The van der Waals surface area contributed by atoms with Gasteiger partial charge >= 0.3 is 18.0 Å². The number of amides is 1. The maximum absolute atomic E-state index is 14.0. The molecule has 0 fully saturated rings. The van der Waals surface area contributed by atoms with Gasteiger partial charge in [0.2, 0.25) is 10.0 Å². The van der Waals surface area contributed by atoms with Crippen molar-refractivity contribution in [3.8, 4) is 11.1 Å². The lowest BCUT2D eigenvalue weighted by molar-refractivity contribution is -0.160. The number of nitrogens with zero attached hydrogens (tertiary/aromatic N) is 1. The van der Waals surface area contributed by atoms with Crippen LogP contribution in [0.25, 0.3) is 11.1 Å². The minimum Gasteiger partial charge on any atom is -0.481 e. The molecule has 1 atom stereocenters. The van der Waals surface area contributed by atoms with Crippen molar-refractivity contribution in [3.63, 3.8) is 0 Å². The number of hydrogen-bond acceptors (Lipinski definition) is 7. The molecule has 11 heteroatoms. The smallest absolute Gasteiger partial charge is 0.407 e. The Bertz CT molecular complexity index is 1650. The zero-order valence-corrected chi connectivity index (χ0v) is 29.1. The second-order valence-electron chi connectivity index (χ2n) is 13.5. The van der Waals surface area contributed by atoms with Crippen molar-refractivity contribution < 1.29 is 37.4 Å². The fraction of sp³-hybridized carbons (Fsp3) is 0.432. The van der Waals surface area contributed by atoms with Crippen molar-refractivity contribution in [2.75, 3.05) is 19.7 Å². The number of rotatable bonds is 15. The monoisotopic (exact) mass is 678 g/mol. The second kappa shape index (κ2) is 15.8. The number of fused-ring (bicyclic) bond motifs is 3. The number of ether oxygens (including phenoxy) is 2. The van der Waals surface area contributed by atoms with E-state index in [1.165, 1.54) is 28.6 Å². The fourth-order valence-corrected chi connectivity index (χ4v) is 7.67. The molecular weight excluding hydrogens is 632 g/mol. The molecule has 2 N–H and O–H groups in total. The Morgan fingerprint density at radius 3 is 2.02 bits per heavy atom. The van der Waals surface area contributed by atoms with E-state index in [2.05, 4.69) is 29.6 Å². The minimum atomic E-state index is -4.16. The molecule has 0 radical (unpaired) electrons. The van der Waals surface area contributed by atoms with Gasteiger partial charge in [0.1, 0.15) is 18.2 Å². The highest BCUT2D eigenvalue weighted by Crippen LogP contribution is 2.44. The fourth-order valence-electron chi connectivity index (χ4n) is 5.89. The topological polar surface area (TPSA) is 139 Å². The van der Waals surface area contributed by atoms with E-state index < -0.39 is 39.7 Å². The maximum atomic E-state index is 14.0. The van der Waals surface area contributed by atoms with Crippen LogP contribution >= 0.6 is 0 Å². The first-order chi connectivity index (χ1) is 22.7. The highest BCUT2D eigenvalue weighted by atomic mass is 32.2. The van der Waals surface area contributed by atoms with E-state index in [0.717, 1.165) is 22.3 Å². The molecule has 1 aliphatic carbocycles. The summed E-state index contributed by atoms with van der Waals surface area (Å²) in [6.45, 7) is 9.45. The van der Waals surface area contributed by atoms with E-state index in [4.69, 9.17) is 14.6 Å². The number of alkyl carbamates (subject to hydrolysis) is 1. The van der Waals surface area contributed by atoms with Gasteiger partial charge in [-0.2, -0.15) is 4.31 Å². The molecule has 0 unspecified atom stereocenters. The number of carboxylic acids is 1. The third-order valence-electron chi connectivity index (χ3n) is 7.97. The second-order valence-corrected chi connectivity index (χ2v) is 15.4. The van der Waals surface area contributed by atoms with Crippen LogP contribution in [0.15, 0.2) is 77.7 Å². The number of hydrogen-bond donors (Lipinski definition) is 2. The predicted octanol–water partition coefficient (Wildman–Crippen LogP) is 6.38.